The highest BCUT2D eigenvalue weighted by molar-refractivity contribution is 9.11. The Morgan fingerprint density at radius 1 is 0.639 bits per heavy atom. The molecule has 0 N–H and O–H groups in total. The van der Waals surface area contributed by atoms with Crippen LogP contribution >= 0.6 is 63.7 Å². The van der Waals surface area contributed by atoms with Crippen molar-refractivity contribution in [3.63, 3.8) is 0 Å². The van der Waals surface area contributed by atoms with Gasteiger partial charge in [0.2, 0.25) is 0 Å². The number of halogens is 4. The molecule has 6 heteroatoms. The lowest BCUT2D eigenvalue weighted by atomic mass is 9.63. The molecule has 0 heterocycles. The fourth-order valence-electron chi connectivity index (χ4n) is 6.29. The van der Waals surface area contributed by atoms with Gasteiger partial charge in [-0.05, 0) is 99.5 Å². The van der Waals surface area contributed by atoms with E-state index in [1.165, 1.54) is 29.4 Å². The molecule has 180 valence electrons. The van der Waals surface area contributed by atoms with E-state index in [9.17, 15) is 4.79 Å². The highest BCUT2D eigenvalue weighted by atomic mass is 79.9. The second-order valence-electron chi connectivity index (χ2n) is 9.67. The maximum atomic E-state index is 14.1. The highest BCUT2D eigenvalue weighted by Crippen LogP contribution is 2.60. The number of rotatable bonds is 3. The van der Waals surface area contributed by atoms with E-state index in [4.69, 9.17) is 4.74 Å². The van der Waals surface area contributed by atoms with Crippen LogP contribution in [0.2, 0.25) is 0 Å². The third kappa shape index (κ3) is 3.40. The van der Waals surface area contributed by atoms with Gasteiger partial charge in [0.1, 0.15) is 5.41 Å². The van der Waals surface area contributed by atoms with Gasteiger partial charge < -0.3 is 4.74 Å². The van der Waals surface area contributed by atoms with Crippen molar-refractivity contribution in [2.75, 3.05) is 7.11 Å². The quantitative estimate of drug-likeness (QED) is 0.196. The van der Waals surface area contributed by atoms with E-state index in [-0.39, 0.29) is 5.97 Å². The molecule has 0 bridgehead atoms. The van der Waals surface area contributed by atoms with Gasteiger partial charge in [-0.1, -0.05) is 94.9 Å². The Kier molecular flexibility index (Phi) is 5.91. The van der Waals surface area contributed by atoms with Gasteiger partial charge in [0.15, 0.2) is 0 Å². The summed E-state index contributed by atoms with van der Waals surface area (Å²) < 4.78 is 9.53. The van der Waals surface area contributed by atoms with E-state index in [1.807, 2.05) is 12.1 Å². The molecule has 0 radical (unpaired) electrons. The highest BCUT2D eigenvalue weighted by Gasteiger charge is 2.56. The monoisotopic (exact) mass is 728 g/mol. The average molecular weight is 732 g/mol. The Morgan fingerprint density at radius 3 is 1.33 bits per heavy atom. The third-order valence-electron chi connectivity index (χ3n) is 7.77. The molecule has 0 unspecified atom stereocenters. The first kappa shape index (κ1) is 24.6. The van der Waals surface area contributed by atoms with Gasteiger partial charge in [0, 0.05) is 23.3 Å². The van der Waals surface area contributed by atoms with Crippen LogP contribution in [0.25, 0.3) is 22.3 Å². The Morgan fingerprint density at radius 2 is 0.972 bits per heavy atom. The molecule has 2 nitrogen and oxygen atoms in total. The number of ether oxygens (including phenoxy) is 1. The number of fused-ring (bicyclic) bond motifs is 6. The van der Waals surface area contributed by atoms with Gasteiger partial charge in [0.05, 0.1) is 7.11 Å². The Bertz CT molecular complexity index is 1490. The number of benzene rings is 4. The molecule has 36 heavy (non-hydrogen) atoms. The van der Waals surface area contributed by atoms with Gasteiger partial charge in [0.25, 0.3) is 0 Å². The summed E-state index contributed by atoms with van der Waals surface area (Å²) >= 11 is 14.7. The lowest BCUT2D eigenvalue weighted by molar-refractivity contribution is -0.146. The number of carbonyl (C=O) groups excluding carboxylic acids is 1. The summed E-state index contributed by atoms with van der Waals surface area (Å²) in [4.78, 5) is 14.1. The van der Waals surface area contributed by atoms with Gasteiger partial charge in [-0.15, -0.1) is 0 Å². The van der Waals surface area contributed by atoms with Crippen LogP contribution in [0, 0.1) is 0 Å². The van der Waals surface area contributed by atoms with Crippen LogP contribution in [-0.4, -0.2) is 13.1 Å². The number of esters is 1. The van der Waals surface area contributed by atoms with Crippen LogP contribution in [-0.2, 0) is 20.4 Å². The van der Waals surface area contributed by atoms with Crippen molar-refractivity contribution in [2.45, 2.75) is 24.2 Å². The molecule has 0 spiro atoms. The molecule has 0 aromatic heterocycles. The van der Waals surface area contributed by atoms with Crippen LogP contribution in [0.15, 0.2) is 90.7 Å². The maximum Gasteiger partial charge on any atom is 0.320 e. The molecular formula is C30H20Br4O2. The molecule has 0 saturated heterocycles. The molecule has 0 atom stereocenters. The number of carbonyl (C=O) groups is 1. The Balaban J connectivity index is 1.70. The summed E-state index contributed by atoms with van der Waals surface area (Å²) in [5.74, 6) is -0.250. The number of hydrogen-bond acceptors (Lipinski definition) is 2. The summed E-state index contributed by atoms with van der Waals surface area (Å²) in [5.41, 5.74) is 7.42. The summed E-state index contributed by atoms with van der Waals surface area (Å²) in [6, 6.07) is 25.4. The van der Waals surface area contributed by atoms with Crippen LogP contribution in [0.4, 0.5) is 0 Å². The van der Waals surface area contributed by atoms with Gasteiger partial charge >= 0.3 is 5.97 Å². The van der Waals surface area contributed by atoms with Crippen molar-refractivity contribution < 1.29 is 9.53 Å². The molecule has 0 fully saturated rings. The van der Waals surface area contributed by atoms with Crippen LogP contribution in [0.3, 0.4) is 0 Å². The predicted molar refractivity (Wildman–Crippen MR) is 158 cm³/mol. The zero-order valence-corrected chi connectivity index (χ0v) is 25.8. The Hall–Kier alpha value is -1.73. The van der Waals surface area contributed by atoms with E-state index in [2.05, 4.69) is 131 Å². The van der Waals surface area contributed by atoms with E-state index in [0.29, 0.717) is 6.42 Å². The summed E-state index contributed by atoms with van der Waals surface area (Å²) in [6.45, 7) is 2.26. The number of methoxy groups -OCH3 is 1. The maximum absolute atomic E-state index is 14.1. The minimum atomic E-state index is -0.995. The fourth-order valence-corrected chi connectivity index (χ4v) is 7.74. The van der Waals surface area contributed by atoms with Crippen molar-refractivity contribution in [1.82, 2.24) is 0 Å². The predicted octanol–water partition coefficient (Wildman–Crippen LogP) is 9.55. The fraction of sp³-hybridized carbons (Fsp3) is 0.167. The minimum absolute atomic E-state index is 0.250. The zero-order chi connectivity index (χ0) is 25.4. The molecule has 2 aliphatic rings. The molecule has 0 aliphatic heterocycles. The second kappa shape index (κ2) is 8.65. The van der Waals surface area contributed by atoms with Crippen molar-refractivity contribution in [2.24, 2.45) is 0 Å². The molecular weight excluding hydrogens is 712 g/mol. The van der Waals surface area contributed by atoms with Crippen LogP contribution in [0.1, 0.15) is 35.6 Å². The van der Waals surface area contributed by atoms with E-state index in [1.54, 1.807) is 0 Å². The zero-order valence-electron chi connectivity index (χ0n) is 19.5. The standard InChI is InChI=1S/C30H20Br4O2/c1-29(24-11-16(31)3-7-20(24)21-8-4-17(32)12-25(21)29)15-30(28(35)36-2)26-13-18(33)5-9-22(26)23-10-6-19(34)14-27(23)30/h3-14H,15H2,1-2H3. The summed E-state index contributed by atoms with van der Waals surface area (Å²) in [7, 11) is 1.49. The number of hydrogen-bond donors (Lipinski definition) is 0. The normalized spacial score (nSPS) is 15.6. The van der Waals surface area contributed by atoms with Crippen molar-refractivity contribution in [3.8, 4) is 22.3 Å². The lowest BCUT2D eigenvalue weighted by Crippen LogP contribution is -2.42. The van der Waals surface area contributed by atoms with E-state index in [0.717, 1.165) is 40.1 Å². The molecule has 6 rings (SSSR count). The summed E-state index contributed by atoms with van der Waals surface area (Å²) in [5, 5.41) is 0. The first-order chi connectivity index (χ1) is 17.2. The van der Waals surface area contributed by atoms with Crippen molar-refractivity contribution >= 4 is 69.7 Å². The minimum Gasteiger partial charge on any atom is -0.468 e. The van der Waals surface area contributed by atoms with Crippen molar-refractivity contribution in [3.05, 3.63) is 113 Å². The van der Waals surface area contributed by atoms with Gasteiger partial charge in [-0.2, -0.15) is 0 Å². The van der Waals surface area contributed by atoms with Crippen LogP contribution in [0.5, 0.6) is 0 Å². The second-order valence-corrected chi connectivity index (χ2v) is 13.3. The molecule has 4 aromatic carbocycles. The van der Waals surface area contributed by atoms with Gasteiger partial charge in [-0.25, -0.2) is 0 Å². The largest absolute Gasteiger partial charge is 0.468 e. The van der Waals surface area contributed by atoms with E-state index < -0.39 is 10.8 Å². The van der Waals surface area contributed by atoms with Gasteiger partial charge in [-0.3, -0.25) is 4.79 Å². The summed E-state index contributed by atoms with van der Waals surface area (Å²) in [6.07, 6.45) is 0.520. The SMILES string of the molecule is COC(=O)C1(CC2(C)c3cc(Br)ccc3-c3ccc(Br)cc32)c2cc(Br)ccc2-c2ccc(Br)cc21. The molecule has 4 aromatic rings. The molecule has 0 saturated carbocycles. The Labute approximate surface area is 244 Å². The molecule has 0 amide bonds. The van der Waals surface area contributed by atoms with E-state index >= 15 is 0 Å². The van der Waals surface area contributed by atoms with Crippen LogP contribution < -0.4 is 0 Å². The lowest BCUT2D eigenvalue weighted by Gasteiger charge is -2.38. The average Bonchev–Trinajstić information content (AvgIpc) is 3.25. The first-order valence-electron chi connectivity index (χ1n) is 11.5. The third-order valence-corrected chi connectivity index (χ3v) is 9.74. The smallest absolute Gasteiger partial charge is 0.320 e. The molecule has 2 aliphatic carbocycles. The topological polar surface area (TPSA) is 26.3 Å². The van der Waals surface area contributed by atoms with Crippen molar-refractivity contribution in [1.29, 1.82) is 0 Å². The first-order valence-corrected chi connectivity index (χ1v) is 14.7.